The maximum atomic E-state index is 11.4. The third kappa shape index (κ3) is 2.61. The molecule has 5 heteroatoms. The highest BCUT2D eigenvalue weighted by Crippen LogP contribution is 2.22. The molecule has 2 atom stereocenters. The van der Waals surface area contributed by atoms with E-state index in [-0.39, 0.29) is 24.3 Å². The summed E-state index contributed by atoms with van der Waals surface area (Å²) in [7, 11) is 0. The van der Waals surface area contributed by atoms with Crippen LogP contribution in [-0.4, -0.2) is 40.3 Å². The van der Waals surface area contributed by atoms with Gasteiger partial charge in [-0.05, 0) is 12.8 Å². The number of alkyl halides is 1. The number of carboxylic acids is 1. The van der Waals surface area contributed by atoms with Gasteiger partial charge in [-0.3, -0.25) is 9.59 Å². The highest BCUT2D eigenvalue weighted by Gasteiger charge is 2.32. The molecule has 1 saturated heterocycles. The van der Waals surface area contributed by atoms with Gasteiger partial charge >= 0.3 is 5.97 Å². The summed E-state index contributed by atoms with van der Waals surface area (Å²) in [4.78, 5) is 23.5. The molecule has 1 N–H and O–H groups in total. The monoisotopic (exact) mass is 219 g/mol. The Morgan fingerprint density at radius 2 is 2.43 bits per heavy atom. The first-order valence-corrected chi connectivity index (χ1v) is 5.15. The second-order valence-corrected chi connectivity index (χ2v) is 4.03. The molecule has 0 radical (unpaired) electrons. The van der Waals surface area contributed by atoms with Crippen molar-refractivity contribution in [1.29, 1.82) is 0 Å². The van der Waals surface area contributed by atoms with Crippen molar-refractivity contribution in [3.63, 3.8) is 0 Å². The number of carbonyl (C=O) groups is 2. The van der Waals surface area contributed by atoms with Gasteiger partial charge in [-0.15, -0.1) is 11.6 Å². The molecule has 1 amide bonds. The first-order chi connectivity index (χ1) is 6.54. The van der Waals surface area contributed by atoms with E-state index in [1.807, 2.05) is 0 Å². The van der Waals surface area contributed by atoms with Crippen molar-refractivity contribution in [1.82, 2.24) is 4.90 Å². The lowest BCUT2D eigenvalue weighted by Gasteiger charge is -2.23. The highest BCUT2D eigenvalue weighted by molar-refractivity contribution is 6.18. The molecule has 1 aliphatic heterocycles. The topological polar surface area (TPSA) is 57.6 Å². The third-order valence-corrected chi connectivity index (χ3v) is 2.90. The maximum absolute atomic E-state index is 11.4. The molecule has 1 rings (SSSR count). The summed E-state index contributed by atoms with van der Waals surface area (Å²) in [5.74, 6) is -0.216. The zero-order valence-electron chi connectivity index (χ0n) is 8.07. The summed E-state index contributed by atoms with van der Waals surface area (Å²) in [5.41, 5.74) is 0. The van der Waals surface area contributed by atoms with Crippen molar-refractivity contribution < 1.29 is 14.7 Å². The van der Waals surface area contributed by atoms with Gasteiger partial charge in [0.25, 0.3) is 0 Å². The summed E-state index contributed by atoms with van der Waals surface area (Å²) < 4.78 is 0. The Balaban J connectivity index is 2.52. The average Bonchev–Trinajstić information content (AvgIpc) is 2.45. The molecule has 80 valence electrons. The van der Waals surface area contributed by atoms with Gasteiger partial charge in [0.05, 0.1) is 6.42 Å². The standard InChI is InChI=1S/C9H14ClNO3/c1-6(2-9(13)14)11-5-7(4-10)3-8(11)12/h6-7H,2-5H2,1H3,(H,13,14)/t6-,7?/m1/s1. The molecular formula is C9H14ClNO3. The van der Waals surface area contributed by atoms with Crippen LogP contribution in [-0.2, 0) is 9.59 Å². The molecule has 0 aromatic carbocycles. The normalized spacial score (nSPS) is 24.0. The van der Waals surface area contributed by atoms with Gasteiger partial charge in [-0.1, -0.05) is 0 Å². The largest absolute Gasteiger partial charge is 0.481 e. The minimum atomic E-state index is -0.875. The Morgan fingerprint density at radius 3 is 2.86 bits per heavy atom. The Hall–Kier alpha value is -0.770. The van der Waals surface area contributed by atoms with Crippen molar-refractivity contribution in [2.45, 2.75) is 25.8 Å². The van der Waals surface area contributed by atoms with Gasteiger partial charge in [-0.2, -0.15) is 0 Å². The highest BCUT2D eigenvalue weighted by atomic mass is 35.5. The number of carboxylic acid groups (broad SMARTS) is 1. The molecule has 0 spiro atoms. The quantitative estimate of drug-likeness (QED) is 0.716. The SMILES string of the molecule is C[C@H](CC(=O)O)N1CC(CCl)CC1=O. The molecule has 0 aromatic heterocycles. The average molecular weight is 220 g/mol. The third-order valence-electron chi connectivity index (χ3n) is 2.46. The van der Waals surface area contributed by atoms with Crippen LogP contribution in [0.25, 0.3) is 0 Å². The van der Waals surface area contributed by atoms with Crippen LogP contribution in [0.15, 0.2) is 0 Å². The first kappa shape index (κ1) is 11.3. The molecule has 0 bridgehead atoms. The lowest BCUT2D eigenvalue weighted by atomic mass is 10.1. The summed E-state index contributed by atoms with van der Waals surface area (Å²) in [5, 5.41) is 8.59. The van der Waals surface area contributed by atoms with Crippen LogP contribution in [0, 0.1) is 5.92 Å². The van der Waals surface area contributed by atoms with Gasteiger partial charge < -0.3 is 10.0 Å². The van der Waals surface area contributed by atoms with Crippen LogP contribution in [0.5, 0.6) is 0 Å². The van der Waals surface area contributed by atoms with E-state index in [0.29, 0.717) is 18.8 Å². The molecule has 0 saturated carbocycles. The van der Waals surface area contributed by atoms with Gasteiger partial charge in [0.1, 0.15) is 0 Å². The fourth-order valence-corrected chi connectivity index (χ4v) is 1.91. The zero-order chi connectivity index (χ0) is 10.7. The zero-order valence-corrected chi connectivity index (χ0v) is 8.83. The molecule has 1 heterocycles. The van der Waals surface area contributed by atoms with E-state index in [4.69, 9.17) is 16.7 Å². The molecule has 1 fully saturated rings. The Morgan fingerprint density at radius 1 is 1.79 bits per heavy atom. The maximum Gasteiger partial charge on any atom is 0.305 e. The van der Waals surface area contributed by atoms with E-state index in [1.54, 1.807) is 11.8 Å². The summed E-state index contributed by atoms with van der Waals surface area (Å²) in [6.45, 7) is 2.35. The fourth-order valence-electron chi connectivity index (χ4n) is 1.70. The Kier molecular flexibility index (Phi) is 3.75. The molecule has 4 nitrogen and oxygen atoms in total. The van der Waals surface area contributed by atoms with Crippen molar-refractivity contribution >= 4 is 23.5 Å². The minimum Gasteiger partial charge on any atom is -0.481 e. The number of halogens is 1. The van der Waals surface area contributed by atoms with Gasteiger partial charge in [0.15, 0.2) is 0 Å². The number of likely N-dealkylation sites (tertiary alicyclic amines) is 1. The van der Waals surface area contributed by atoms with Gasteiger partial charge in [0, 0.05) is 24.9 Å². The summed E-state index contributed by atoms with van der Waals surface area (Å²) in [6.07, 6.45) is 0.453. The van der Waals surface area contributed by atoms with E-state index in [2.05, 4.69) is 0 Å². The van der Waals surface area contributed by atoms with Crippen molar-refractivity contribution in [3.05, 3.63) is 0 Å². The molecule has 14 heavy (non-hydrogen) atoms. The Labute approximate surface area is 87.8 Å². The smallest absolute Gasteiger partial charge is 0.305 e. The second kappa shape index (κ2) is 4.64. The summed E-state index contributed by atoms with van der Waals surface area (Å²) >= 11 is 5.65. The molecule has 0 aromatic rings. The van der Waals surface area contributed by atoms with Crippen LogP contribution >= 0.6 is 11.6 Å². The number of amides is 1. The van der Waals surface area contributed by atoms with Crippen LogP contribution in [0.2, 0.25) is 0 Å². The lowest BCUT2D eigenvalue weighted by Crippen LogP contribution is -2.36. The van der Waals surface area contributed by atoms with Gasteiger partial charge in [0.2, 0.25) is 5.91 Å². The first-order valence-electron chi connectivity index (χ1n) is 4.61. The fraction of sp³-hybridized carbons (Fsp3) is 0.778. The number of carbonyl (C=O) groups excluding carboxylic acids is 1. The van der Waals surface area contributed by atoms with Crippen molar-refractivity contribution in [2.75, 3.05) is 12.4 Å². The van der Waals surface area contributed by atoms with E-state index in [1.165, 1.54) is 0 Å². The predicted octanol–water partition coefficient (Wildman–Crippen LogP) is 0.937. The molecule has 0 aliphatic carbocycles. The lowest BCUT2D eigenvalue weighted by molar-refractivity contribution is -0.139. The van der Waals surface area contributed by atoms with Crippen LogP contribution in [0.4, 0.5) is 0 Å². The van der Waals surface area contributed by atoms with Crippen LogP contribution < -0.4 is 0 Å². The number of rotatable bonds is 4. The van der Waals surface area contributed by atoms with Crippen molar-refractivity contribution in [3.8, 4) is 0 Å². The number of aliphatic carboxylic acids is 1. The number of hydrogen-bond donors (Lipinski definition) is 1. The molecule has 1 aliphatic rings. The van der Waals surface area contributed by atoms with E-state index in [0.717, 1.165) is 0 Å². The van der Waals surface area contributed by atoms with Crippen LogP contribution in [0.3, 0.4) is 0 Å². The Bertz CT molecular complexity index is 244. The van der Waals surface area contributed by atoms with Gasteiger partial charge in [-0.25, -0.2) is 0 Å². The summed E-state index contributed by atoms with van der Waals surface area (Å²) in [6, 6.07) is -0.229. The number of hydrogen-bond acceptors (Lipinski definition) is 2. The van der Waals surface area contributed by atoms with E-state index in [9.17, 15) is 9.59 Å². The van der Waals surface area contributed by atoms with E-state index >= 15 is 0 Å². The van der Waals surface area contributed by atoms with Crippen LogP contribution in [0.1, 0.15) is 19.8 Å². The minimum absolute atomic E-state index is 0.000740. The molecular weight excluding hydrogens is 206 g/mol. The predicted molar refractivity (Wildman–Crippen MR) is 52.3 cm³/mol. The number of nitrogens with zero attached hydrogens (tertiary/aromatic N) is 1. The molecule has 1 unspecified atom stereocenters. The van der Waals surface area contributed by atoms with Crippen molar-refractivity contribution in [2.24, 2.45) is 5.92 Å². The second-order valence-electron chi connectivity index (χ2n) is 3.72. The van der Waals surface area contributed by atoms with E-state index < -0.39 is 5.97 Å².